The molecule has 0 aromatic carbocycles. The van der Waals surface area contributed by atoms with Gasteiger partial charge in [0, 0.05) is 18.1 Å². The van der Waals surface area contributed by atoms with Crippen LogP contribution in [0.1, 0.15) is 37.9 Å². The van der Waals surface area contributed by atoms with Crippen LogP contribution in [0.5, 0.6) is 0 Å². The van der Waals surface area contributed by atoms with Crippen molar-refractivity contribution >= 4 is 5.65 Å². The van der Waals surface area contributed by atoms with Gasteiger partial charge in [0.05, 0.1) is 12.0 Å². The van der Waals surface area contributed by atoms with Crippen molar-refractivity contribution in [1.29, 1.82) is 5.26 Å². The van der Waals surface area contributed by atoms with Gasteiger partial charge in [-0.15, -0.1) is 0 Å². The molecule has 0 fully saturated rings. The highest BCUT2D eigenvalue weighted by Gasteiger charge is 2.05. The van der Waals surface area contributed by atoms with E-state index in [0.717, 1.165) is 16.9 Å². The second-order valence-electron chi connectivity index (χ2n) is 3.44. The summed E-state index contributed by atoms with van der Waals surface area (Å²) < 4.78 is 2.01. The fraction of sp³-hybridized carbons (Fsp3) is 0.385. The van der Waals surface area contributed by atoms with E-state index in [2.05, 4.69) is 11.1 Å². The van der Waals surface area contributed by atoms with Gasteiger partial charge in [0.15, 0.2) is 0 Å². The van der Waals surface area contributed by atoms with Gasteiger partial charge in [-0.25, -0.2) is 4.98 Å². The number of fused-ring (bicyclic) bond motifs is 1. The molecule has 0 aliphatic rings. The van der Waals surface area contributed by atoms with Gasteiger partial charge in [-0.1, -0.05) is 13.8 Å². The number of aromatic nitrogens is 2. The van der Waals surface area contributed by atoms with Gasteiger partial charge >= 0.3 is 0 Å². The third-order valence-corrected chi connectivity index (χ3v) is 2.42. The van der Waals surface area contributed by atoms with Crippen LogP contribution < -0.4 is 0 Å². The Labute approximate surface area is 96.4 Å². The van der Waals surface area contributed by atoms with E-state index in [9.17, 15) is 0 Å². The SMILES string of the molecule is CC.Cc1cnc2cc(C(C)C#N)ccn12. The minimum Gasteiger partial charge on any atom is -0.304 e. The smallest absolute Gasteiger partial charge is 0.137 e. The molecule has 0 saturated carbocycles. The van der Waals surface area contributed by atoms with Gasteiger partial charge in [0.25, 0.3) is 0 Å². The standard InChI is InChI=1S/C11H11N3.C2H6/c1-8(6-12)10-3-4-14-9(2)7-13-11(14)5-10;1-2/h3-5,7-8H,1-2H3;1-2H3. The van der Waals surface area contributed by atoms with Crippen molar-refractivity contribution < 1.29 is 0 Å². The Morgan fingerprint density at radius 2 is 2.12 bits per heavy atom. The molecule has 1 unspecified atom stereocenters. The first kappa shape index (κ1) is 12.3. The Bertz CT molecular complexity index is 505. The molecule has 3 heteroatoms. The molecule has 0 aliphatic heterocycles. The fourth-order valence-corrected chi connectivity index (χ4v) is 1.47. The van der Waals surface area contributed by atoms with E-state index in [1.807, 2.05) is 56.6 Å². The van der Waals surface area contributed by atoms with Gasteiger partial charge in [-0.3, -0.25) is 0 Å². The molecule has 0 amide bonds. The lowest BCUT2D eigenvalue weighted by Gasteiger charge is -2.03. The molecule has 2 aromatic heterocycles. The van der Waals surface area contributed by atoms with Crippen molar-refractivity contribution in [1.82, 2.24) is 9.38 Å². The zero-order valence-electron chi connectivity index (χ0n) is 10.2. The average molecular weight is 215 g/mol. The number of pyridine rings is 1. The first-order valence-corrected chi connectivity index (χ1v) is 5.55. The molecule has 0 radical (unpaired) electrons. The zero-order valence-corrected chi connectivity index (χ0v) is 10.2. The van der Waals surface area contributed by atoms with Crippen LogP contribution in [0.4, 0.5) is 0 Å². The number of nitriles is 1. The van der Waals surface area contributed by atoms with E-state index in [1.165, 1.54) is 0 Å². The highest BCUT2D eigenvalue weighted by molar-refractivity contribution is 5.44. The van der Waals surface area contributed by atoms with Crippen molar-refractivity contribution in [2.24, 2.45) is 0 Å². The second-order valence-corrected chi connectivity index (χ2v) is 3.44. The van der Waals surface area contributed by atoms with Crippen LogP contribution in [0.25, 0.3) is 5.65 Å². The van der Waals surface area contributed by atoms with Crippen LogP contribution >= 0.6 is 0 Å². The summed E-state index contributed by atoms with van der Waals surface area (Å²) in [6.45, 7) is 7.90. The molecule has 16 heavy (non-hydrogen) atoms. The molecule has 3 nitrogen and oxygen atoms in total. The van der Waals surface area contributed by atoms with E-state index in [4.69, 9.17) is 5.26 Å². The van der Waals surface area contributed by atoms with Gasteiger partial charge in [-0.2, -0.15) is 5.26 Å². The minimum atomic E-state index is -0.0722. The number of hydrogen-bond acceptors (Lipinski definition) is 2. The summed E-state index contributed by atoms with van der Waals surface area (Å²) >= 11 is 0. The Hall–Kier alpha value is -1.82. The second kappa shape index (κ2) is 5.32. The van der Waals surface area contributed by atoms with Gasteiger partial charge in [0.2, 0.25) is 0 Å². The Balaban J connectivity index is 0.000000606. The lowest BCUT2D eigenvalue weighted by molar-refractivity contribution is 0.968. The van der Waals surface area contributed by atoms with Crippen molar-refractivity contribution in [3.8, 4) is 6.07 Å². The zero-order chi connectivity index (χ0) is 12.1. The molecule has 0 N–H and O–H groups in total. The van der Waals surface area contributed by atoms with Crippen LogP contribution in [0, 0.1) is 18.3 Å². The minimum absolute atomic E-state index is 0.0722. The summed E-state index contributed by atoms with van der Waals surface area (Å²) in [6, 6.07) is 6.14. The van der Waals surface area contributed by atoms with Crippen LogP contribution in [-0.4, -0.2) is 9.38 Å². The Morgan fingerprint density at radius 1 is 1.44 bits per heavy atom. The summed E-state index contributed by atoms with van der Waals surface area (Å²) in [5, 5.41) is 8.79. The van der Waals surface area contributed by atoms with Crippen molar-refractivity contribution in [3.05, 3.63) is 35.8 Å². The maximum Gasteiger partial charge on any atom is 0.137 e. The van der Waals surface area contributed by atoms with E-state index in [1.54, 1.807) is 0 Å². The van der Waals surface area contributed by atoms with E-state index >= 15 is 0 Å². The number of nitrogens with zero attached hydrogens (tertiary/aromatic N) is 3. The summed E-state index contributed by atoms with van der Waals surface area (Å²) in [4.78, 5) is 4.25. The molecule has 1 atom stereocenters. The third-order valence-electron chi connectivity index (χ3n) is 2.42. The maximum absolute atomic E-state index is 8.79. The molecule has 0 spiro atoms. The van der Waals surface area contributed by atoms with Gasteiger partial charge < -0.3 is 4.40 Å². The highest BCUT2D eigenvalue weighted by atomic mass is 15.0. The number of rotatable bonds is 1. The van der Waals surface area contributed by atoms with E-state index in [-0.39, 0.29) is 5.92 Å². The van der Waals surface area contributed by atoms with Crippen molar-refractivity contribution in [3.63, 3.8) is 0 Å². The van der Waals surface area contributed by atoms with E-state index in [0.29, 0.717) is 0 Å². The van der Waals surface area contributed by atoms with Crippen molar-refractivity contribution in [2.75, 3.05) is 0 Å². The molecular weight excluding hydrogens is 198 g/mol. The van der Waals surface area contributed by atoms with Crippen LogP contribution in [0.2, 0.25) is 0 Å². The lowest BCUT2D eigenvalue weighted by Crippen LogP contribution is -1.93. The molecule has 0 saturated heterocycles. The fourth-order valence-electron chi connectivity index (χ4n) is 1.47. The first-order valence-electron chi connectivity index (χ1n) is 5.55. The number of hydrogen-bond donors (Lipinski definition) is 0. The molecular formula is C13H17N3. The summed E-state index contributed by atoms with van der Waals surface area (Å²) in [5.74, 6) is -0.0722. The van der Waals surface area contributed by atoms with Crippen LogP contribution in [0.15, 0.2) is 24.5 Å². The number of imidazole rings is 1. The average Bonchev–Trinajstić information content (AvgIpc) is 2.72. The number of aryl methyl sites for hydroxylation is 1. The predicted molar refractivity (Wildman–Crippen MR) is 65.3 cm³/mol. The monoisotopic (exact) mass is 215 g/mol. The Morgan fingerprint density at radius 3 is 2.75 bits per heavy atom. The topological polar surface area (TPSA) is 41.1 Å². The largest absolute Gasteiger partial charge is 0.304 e. The lowest BCUT2D eigenvalue weighted by atomic mass is 10.0. The highest BCUT2D eigenvalue weighted by Crippen LogP contribution is 2.16. The quantitative estimate of drug-likeness (QED) is 0.732. The third kappa shape index (κ3) is 2.22. The normalized spacial score (nSPS) is 11.4. The molecule has 2 heterocycles. The first-order chi connectivity index (χ1) is 7.72. The predicted octanol–water partition coefficient (Wildman–Crippen LogP) is 3.30. The Kier molecular flexibility index (Phi) is 4.07. The summed E-state index contributed by atoms with van der Waals surface area (Å²) in [7, 11) is 0. The molecule has 0 bridgehead atoms. The van der Waals surface area contributed by atoms with E-state index < -0.39 is 0 Å². The van der Waals surface area contributed by atoms with Gasteiger partial charge in [0.1, 0.15) is 5.65 Å². The summed E-state index contributed by atoms with van der Waals surface area (Å²) in [6.07, 6.45) is 3.79. The van der Waals surface area contributed by atoms with Crippen LogP contribution in [0.3, 0.4) is 0 Å². The molecule has 2 aromatic rings. The molecule has 2 rings (SSSR count). The summed E-state index contributed by atoms with van der Waals surface area (Å²) in [5.41, 5.74) is 3.03. The van der Waals surface area contributed by atoms with Crippen LogP contribution in [-0.2, 0) is 0 Å². The molecule has 84 valence electrons. The van der Waals surface area contributed by atoms with Crippen molar-refractivity contribution in [2.45, 2.75) is 33.6 Å². The van der Waals surface area contributed by atoms with Gasteiger partial charge in [-0.05, 0) is 31.5 Å². The maximum atomic E-state index is 8.79. The molecule has 0 aliphatic carbocycles.